The van der Waals surface area contributed by atoms with Crippen LogP contribution in [0.25, 0.3) is 0 Å². The summed E-state index contributed by atoms with van der Waals surface area (Å²) in [5.41, 5.74) is 2.89. The molecule has 27 heteroatoms. The summed E-state index contributed by atoms with van der Waals surface area (Å²) in [5, 5.41) is 10.1. The molecule has 1 aromatic heterocycles. The average molecular weight is 1900 g/mol. The van der Waals surface area contributed by atoms with Gasteiger partial charge in [0, 0.05) is 66.7 Å². The predicted molar refractivity (Wildman–Crippen MR) is 541 cm³/mol. The molecule has 0 unspecified atom stereocenters. The minimum Gasteiger partial charge on any atom is -0.487 e. The molecular weight excluding hydrogens is 1720 g/mol. The first-order valence-electron chi connectivity index (χ1n) is 52.8. The van der Waals surface area contributed by atoms with Crippen LogP contribution in [0.3, 0.4) is 0 Å². The highest BCUT2D eigenvalue weighted by molar-refractivity contribution is 6.09. The van der Waals surface area contributed by atoms with Crippen LogP contribution in [0.2, 0.25) is 0 Å². The van der Waals surface area contributed by atoms with Gasteiger partial charge in [-0.15, -0.1) is 0 Å². The van der Waals surface area contributed by atoms with Crippen molar-refractivity contribution in [3.63, 3.8) is 0 Å². The van der Waals surface area contributed by atoms with Crippen molar-refractivity contribution in [2.75, 3.05) is 254 Å². The van der Waals surface area contributed by atoms with Gasteiger partial charge in [-0.25, -0.2) is 0 Å². The highest BCUT2D eigenvalue weighted by Gasteiger charge is 2.17. The Morgan fingerprint density at radius 2 is 0.378 bits per heavy atom. The molecule has 0 bridgehead atoms. The number of benzene rings is 4. The number of carbonyl (C=O) groups is 1. The minimum absolute atomic E-state index is 0.0996. The van der Waals surface area contributed by atoms with E-state index in [2.05, 4.69) is 43.6 Å². The normalized spacial score (nSPS) is 11.5. The van der Waals surface area contributed by atoms with Gasteiger partial charge in [0.05, 0.1) is 185 Å². The largest absolute Gasteiger partial charge is 0.487 e. The number of ether oxygens (including phenoxy) is 20. The van der Waals surface area contributed by atoms with Gasteiger partial charge in [0.2, 0.25) is 17.8 Å². The fraction of sp³-hybridized carbons (Fsp3) is 0.741. The van der Waals surface area contributed by atoms with E-state index < -0.39 is 0 Å². The Balaban J connectivity index is 1.18. The van der Waals surface area contributed by atoms with Crippen LogP contribution in [-0.4, -0.2) is 259 Å². The van der Waals surface area contributed by atoms with Crippen molar-refractivity contribution in [2.45, 2.75) is 285 Å². The molecule has 0 aliphatic rings. The molecule has 5 rings (SSSR count). The molecule has 0 aliphatic carbocycles. The molecule has 5 aromatic rings. The number of carbonyl (C=O) groups excluding carboxylic acids is 1. The van der Waals surface area contributed by atoms with Crippen LogP contribution in [0.15, 0.2) is 91.0 Å². The zero-order valence-electron chi connectivity index (χ0n) is 84.3. The quantitative estimate of drug-likeness (QED) is 0.0241. The van der Waals surface area contributed by atoms with Crippen LogP contribution in [0, 0.1) is 0 Å². The van der Waals surface area contributed by atoms with Crippen molar-refractivity contribution >= 4 is 40.7 Å². The van der Waals surface area contributed by atoms with Gasteiger partial charge in [-0.2, -0.15) is 15.0 Å². The Bertz CT molecular complexity index is 3250. The number of anilines is 6. The van der Waals surface area contributed by atoms with Crippen molar-refractivity contribution in [3.05, 3.63) is 102 Å². The molecule has 135 heavy (non-hydrogen) atoms. The van der Waals surface area contributed by atoms with Gasteiger partial charge in [0.25, 0.3) is 0 Å². The van der Waals surface area contributed by atoms with Gasteiger partial charge in [0.1, 0.15) is 26.4 Å². The topological polar surface area (TPSA) is 276 Å². The Morgan fingerprint density at radius 3 is 0.615 bits per heavy atom. The summed E-state index contributed by atoms with van der Waals surface area (Å²) in [6, 6.07) is 27.3. The van der Waals surface area contributed by atoms with Crippen molar-refractivity contribution in [1.29, 1.82) is 0 Å². The van der Waals surface area contributed by atoms with E-state index >= 15 is 0 Å². The van der Waals surface area contributed by atoms with Crippen molar-refractivity contribution < 1.29 is 99.5 Å². The van der Waals surface area contributed by atoms with Gasteiger partial charge in [-0.1, -0.05) is 289 Å². The standard InChI is InChI=1S/C108H182N6O21/c1-5-9-13-17-21-25-29-33-37-44-58-116-62-66-120-70-74-124-78-82-128-86-90-132-101-56-54-99(94-103(101)134-92-88-130-84-80-126-76-72-122-68-64-118-60-46-39-35-31-27-23-19-15-11-7-3)110-107-112-106(109-98-52-50-97(51-53-98)105(115)96-48-42-41-43-49-96)113-108(114-107)111-100-55-57-102(133-91-87-129-83-79-125-75-71-121-67-63-117-59-45-38-34-30-26-22-18-14-10-6-2)104(95-100)135-93-89-131-85-81-127-77-73-123-69-65-119-61-47-40-36-32-28-24-20-16-12-8-4/h41-43,48-57,94-95H,5-40,44-47,58-93H2,1-4H3,(H3,109,110,111,112,113,114). The molecule has 0 radical (unpaired) electrons. The summed E-state index contributed by atoms with van der Waals surface area (Å²) < 4.78 is 119. The molecule has 0 aliphatic heterocycles. The monoisotopic (exact) mass is 1900 g/mol. The molecule has 0 atom stereocenters. The van der Waals surface area contributed by atoms with E-state index in [0.29, 0.717) is 223 Å². The zero-order chi connectivity index (χ0) is 95.2. The number of hydrogen-bond donors (Lipinski definition) is 3. The van der Waals surface area contributed by atoms with Crippen LogP contribution in [0.1, 0.15) is 300 Å². The third kappa shape index (κ3) is 69.9. The molecule has 0 spiro atoms. The molecule has 0 fully saturated rings. The van der Waals surface area contributed by atoms with Crippen molar-refractivity contribution in [2.24, 2.45) is 0 Å². The number of ketones is 1. The Kier molecular flexibility index (Phi) is 80.5. The van der Waals surface area contributed by atoms with E-state index in [9.17, 15) is 4.79 Å². The van der Waals surface area contributed by atoms with Gasteiger partial charge < -0.3 is 111 Å². The lowest BCUT2D eigenvalue weighted by molar-refractivity contribution is -0.00569. The maximum atomic E-state index is 13.5. The van der Waals surface area contributed by atoms with Crippen molar-refractivity contribution in [1.82, 2.24) is 15.0 Å². The lowest BCUT2D eigenvalue weighted by Crippen LogP contribution is -2.15. The Hall–Kier alpha value is -6.48. The molecule has 27 nitrogen and oxygen atoms in total. The van der Waals surface area contributed by atoms with Crippen LogP contribution in [-0.2, 0) is 75.8 Å². The van der Waals surface area contributed by atoms with E-state index in [-0.39, 0.29) is 63.3 Å². The lowest BCUT2D eigenvalue weighted by Gasteiger charge is -2.16. The minimum atomic E-state index is -0.0996. The van der Waals surface area contributed by atoms with Crippen LogP contribution in [0.4, 0.5) is 34.9 Å². The molecular formula is C108H182N6O21. The maximum Gasteiger partial charge on any atom is 0.233 e. The van der Waals surface area contributed by atoms with E-state index in [0.717, 1.165) is 52.1 Å². The fourth-order valence-corrected chi connectivity index (χ4v) is 14.7. The van der Waals surface area contributed by atoms with Gasteiger partial charge in [0.15, 0.2) is 28.8 Å². The molecule has 3 N–H and O–H groups in total. The summed E-state index contributed by atoms with van der Waals surface area (Å²) in [6.07, 6.45) is 52.1. The number of aromatic nitrogens is 3. The molecule has 1 heterocycles. The molecule has 4 aromatic carbocycles. The summed E-state index contributed by atoms with van der Waals surface area (Å²) in [5.74, 6) is 2.30. The van der Waals surface area contributed by atoms with Gasteiger partial charge in [-0.05, 0) is 74.2 Å². The zero-order valence-corrected chi connectivity index (χ0v) is 84.3. The SMILES string of the molecule is CCCCCCCCCCCCOCCOCCOCCOCCOc1ccc(Nc2nc(Nc3ccc(C(=O)c4ccccc4)cc3)nc(Nc3ccc(OCCOCCOCCOCCOCCCCCCCCCCCC)c(OCCOCCOCCOCCOCCCCCCCCCCCC)c3)n2)cc1OCCOCCOCCOCCOCCCCCCCCCCCC. The van der Waals surface area contributed by atoms with Crippen LogP contribution >= 0.6 is 0 Å². The second-order valence-corrected chi connectivity index (χ2v) is 34.2. The van der Waals surface area contributed by atoms with E-state index in [4.69, 9.17) is 110 Å². The summed E-state index contributed by atoms with van der Waals surface area (Å²) in [6.45, 7) is 25.6. The van der Waals surface area contributed by atoms with Gasteiger partial charge in [-0.3, -0.25) is 4.79 Å². The molecule has 0 amide bonds. The summed E-state index contributed by atoms with van der Waals surface area (Å²) in [4.78, 5) is 28.1. The van der Waals surface area contributed by atoms with Crippen molar-refractivity contribution in [3.8, 4) is 23.0 Å². The first kappa shape index (κ1) is 119. The van der Waals surface area contributed by atoms with E-state index in [1.165, 1.54) is 231 Å². The van der Waals surface area contributed by atoms with Crippen LogP contribution < -0.4 is 34.9 Å². The number of nitrogens with zero attached hydrogens (tertiary/aromatic N) is 3. The second-order valence-electron chi connectivity index (χ2n) is 34.2. The second kappa shape index (κ2) is 91.3. The van der Waals surface area contributed by atoms with E-state index in [1.807, 2.05) is 54.6 Å². The lowest BCUT2D eigenvalue weighted by atomic mass is 10.0. The molecule has 770 valence electrons. The number of unbranched alkanes of at least 4 members (excludes halogenated alkanes) is 36. The Labute approximate surface area is 814 Å². The smallest absolute Gasteiger partial charge is 0.233 e. The fourth-order valence-electron chi connectivity index (χ4n) is 14.7. The third-order valence-corrected chi connectivity index (χ3v) is 22.4. The first-order chi connectivity index (χ1) is 67.0. The molecule has 0 saturated carbocycles. The third-order valence-electron chi connectivity index (χ3n) is 22.4. The average Bonchev–Trinajstić information content (AvgIpc) is 0.820. The highest BCUT2D eigenvalue weighted by Crippen LogP contribution is 2.35. The summed E-state index contributed by atoms with van der Waals surface area (Å²) >= 11 is 0. The first-order valence-corrected chi connectivity index (χ1v) is 52.8. The number of nitrogens with one attached hydrogen (secondary N) is 3. The maximum absolute atomic E-state index is 13.5. The van der Waals surface area contributed by atoms with E-state index in [1.54, 1.807) is 36.4 Å². The summed E-state index contributed by atoms with van der Waals surface area (Å²) in [7, 11) is 0. The Morgan fingerprint density at radius 1 is 0.193 bits per heavy atom. The predicted octanol–water partition coefficient (Wildman–Crippen LogP) is 23.8. The van der Waals surface area contributed by atoms with Gasteiger partial charge >= 0.3 is 0 Å². The molecule has 0 saturated heterocycles. The highest BCUT2D eigenvalue weighted by atomic mass is 16.6. The number of hydrogen-bond acceptors (Lipinski definition) is 27. The van der Waals surface area contributed by atoms with Crippen LogP contribution in [0.5, 0.6) is 23.0 Å². The number of rotatable bonds is 104.